The first-order chi connectivity index (χ1) is 7.58. The molecule has 16 heavy (non-hydrogen) atoms. The van der Waals surface area contributed by atoms with Crippen LogP contribution in [0, 0.1) is 13.8 Å². The number of aryl methyl sites for hydroxylation is 2. The summed E-state index contributed by atoms with van der Waals surface area (Å²) in [6.45, 7) is 4.01. The van der Waals surface area contributed by atoms with Gasteiger partial charge in [-0.25, -0.2) is 0 Å². The highest BCUT2D eigenvalue weighted by molar-refractivity contribution is 7.85. The number of ketones is 1. The van der Waals surface area contributed by atoms with Crippen molar-refractivity contribution in [1.82, 2.24) is 0 Å². The van der Waals surface area contributed by atoms with E-state index < -0.39 is 10.8 Å². The van der Waals surface area contributed by atoms with Crippen molar-refractivity contribution in [3.63, 3.8) is 0 Å². The SMILES string of the molecule is Cc1ccc(S(=O)C2CCC(=O)C2)c(C)c1. The number of hydrogen-bond acceptors (Lipinski definition) is 2. The predicted octanol–water partition coefficient (Wildman–Crippen LogP) is 2.53. The summed E-state index contributed by atoms with van der Waals surface area (Å²) in [7, 11) is -1.02. The molecule has 1 aromatic rings. The summed E-state index contributed by atoms with van der Waals surface area (Å²) >= 11 is 0. The van der Waals surface area contributed by atoms with Crippen LogP contribution >= 0.6 is 0 Å². The number of Topliss-reactive ketones (excluding diaryl/α,β-unsaturated/α-hetero) is 1. The van der Waals surface area contributed by atoms with Crippen LogP contribution in [0.4, 0.5) is 0 Å². The fourth-order valence-corrected chi connectivity index (χ4v) is 3.77. The highest BCUT2D eigenvalue weighted by atomic mass is 32.2. The van der Waals surface area contributed by atoms with Gasteiger partial charge in [-0.3, -0.25) is 9.00 Å². The first-order valence-electron chi connectivity index (χ1n) is 5.57. The van der Waals surface area contributed by atoms with Crippen molar-refractivity contribution < 1.29 is 9.00 Å². The second kappa shape index (κ2) is 4.50. The van der Waals surface area contributed by atoms with Crippen LogP contribution in [0.1, 0.15) is 30.4 Å². The third-order valence-corrected chi connectivity index (χ3v) is 4.95. The van der Waals surface area contributed by atoms with Crippen molar-refractivity contribution in [2.45, 2.75) is 43.3 Å². The molecule has 0 saturated heterocycles. The van der Waals surface area contributed by atoms with Gasteiger partial charge in [0.15, 0.2) is 0 Å². The van der Waals surface area contributed by atoms with E-state index in [0.717, 1.165) is 16.9 Å². The maximum atomic E-state index is 12.3. The monoisotopic (exact) mass is 236 g/mol. The van der Waals surface area contributed by atoms with E-state index in [-0.39, 0.29) is 11.0 Å². The molecule has 0 N–H and O–H groups in total. The Hall–Kier alpha value is -0.960. The van der Waals surface area contributed by atoms with Gasteiger partial charge in [-0.05, 0) is 31.9 Å². The molecule has 2 nitrogen and oxygen atoms in total. The Kier molecular flexibility index (Phi) is 3.24. The Morgan fingerprint density at radius 3 is 2.62 bits per heavy atom. The van der Waals surface area contributed by atoms with Crippen molar-refractivity contribution in [1.29, 1.82) is 0 Å². The molecule has 2 unspecified atom stereocenters. The van der Waals surface area contributed by atoms with Crippen LogP contribution in [0.25, 0.3) is 0 Å². The number of benzene rings is 1. The molecule has 1 aromatic carbocycles. The summed E-state index contributed by atoms with van der Waals surface area (Å²) in [5, 5.41) is 0.0360. The van der Waals surface area contributed by atoms with E-state index in [0.29, 0.717) is 12.8 Å². The summed E-state index contributed by atoms with van der Waals surface area (Å²) in [4.78, 5) is 12.1. The lowest BCUT2D eigenvalue weighted by Gasteiger charge is -2.11. The smallest absolute Gasteiger partial charge is 0.134 e. The fourth-order valence-electron chi connectivity index (χ4n) is 2.17. The number of carbonyl (C=O) groups excluding carboxylic acids is 1. The summed E-state index contributed by atoms with van der Waals surface area (Å²) in [5.74, 6) is 0.253. The average Bonchev–Trinajstić information content (AvgIpc) is 2.64. The molecule has 0 amide bonds. The molecule has 0 radical (unpaired) electrons. The maximum absolute atomic E-state index is 12.3. The Balaban J connectivity index is 2.24. The van der Waals surface area contributed by atoms with Crippen molar-refractivity contribution >= 4 is 16.6 Å². The largest absolute Gasteiger partial charge is 0.300 e. The summed E-state index contributed by atoms with van der Waals surface area (Å²) in [6.07, 6.45) is 1.86. The predicted molar refractivity (Wildman–Crippen MR) is 65.0 cm³/mol. The molecule has 0 heterocycles. The lowest BCUT2D eigenvalue weighted by molar-refractivity contribution is -0.117. The molecular formula is C13H16O2S. The quantitative estimate of drug-likeness (QED) is 0.790. The van der Waals surface area contributed by atoms with E-state index in [1.807, 2.05) is 32.0 Å². The lowest BCUT2D eigenvalue weighted by Crippen LogP contribution is -2.12. The van der Waals surface area contributed by atoms with Gasteiger partial charge in [0.25, 0.3) is 0 Å². The molecule has 1 saturated carbocycles. The number of hydrogen-bond donors (Lipinski definition) is 0. The minimum atomic E-state index is -1.02. The Bertz CT molecular complexity index is 451. The first kappa shape index (κ1) is 11.5. The topological polar surface area (TPSA) is 34.1 Å². The Morgan fingerprint density at radius 2 is 2.06 bits per heavy atom. The van der Waals surface area contributed by atoms with E-state index in [1.54, 1.807) is 0 Å². The van der Waals surface area contributed by atoms with Crippen molar-refractivity contribution in [3.05, 3.63) is 29.3 Å². The van der Waals surface area contributed by atoms with Crippen molar-refractivity contribution in [2.75, 3.05) is 0 Å². The van der Waals surface area contributed by atoms with Crippen LogP contribution in [-0.4, -0.2) is 15.2 Å². The molecular weight excluding hydrogens is 220 g/mol. The zero-order chi connectivity index (χ0) is 11.7. The molecule has 1 aliphatic carbocycles. The van der Waals surface area contributed by atoms with Crippen LogP contribution in [0.3, 0.4) is 0 Å². The molecule has 86 valence electrons. The van der Waals surface area contributed by atoms with Crippen LogP contribution in [-0.2, 0) is 15.6 Å². The lowest BCUT2D eigenvalue weighted by atomic mass is 10.2. The van der Waals surface area contributed by atoms with Crippen LogP contribution in [0.5, 0.6) is 0 Å². The third kappa shape index (κ3) is 2.24. The van der Waals surface area contributed by atoms with Gasteiger partial charge in [-0.1, -0.05) is 17.7 Å². The van der Waals surface area contributed by atoms with Gasteiger partial charge in [-0.2, -0.15) is 0 Å². The van der Waals surface area contributed by atoms with Gasteiger partial charge < -0.3 is 0 Å². The number of rotatable bonds is 2. The first-order valence-corrected chi connectivity index (χ1v) is 6.79. The molecule has 1 aliphatic rings. The third-order valence-electron chi connectivity index (χ3n) is 3.05. The van der Waals surface area contributed by atoms with E-state index in [2.05, 4.69) is 0 Å². The summed E-state index contributed by atoms with van der Waals surface area (Å²) in [6, 6.07) is 5.96. The van der Waals surface area contributed by atoms with Gasteiger partial charge in [0.05, 0.1) is 10.8 Å². The number of carbonyl (C=O) groups is 1. The van der Waals surface area contributed by atoms with E-state index in [9.17, 15) is 9.00 Å². The van der Waals surface area contributed by atoms with Gasteiger partial charge in [0, 0.05) is 23.0 Å². The second-order valence-corrected chi connectivity index (χ2v) is 6.17. The van der Waals surface area contributed by atoms with Gasteiger partial charge in [0.1, 0.15) is 5.78 Å². The van der Waals surface area contributed by atoms with E-state index in [4.69, 9.17) is 0 Å². The summed E-state index contributed by atoms with van der Waals surface area (Å²) in [5.41, 5.74) is 2.25. The zero-order valence-corrected chi connectivity index (χ0v) is 10.5. The molecule has 2 atom stereocenters. The fraction of sp³-hybridized carbons (Fsp3) is 0.462. The normalized spacial score (nSPS) is 22.4. The van der Waals surface area contributed by atoms with Crippen LogP contribution in [0.2, 0.25) is 0 Å². The highest BCUT2D eigenvalue weighted by Crippen LogP contribution is 2.26. The van der Waals surface area contributed by atoms with Crippen LogP contribution in [0.15, 0.2) is 23.1 Å². The van der Waals surface area contributed by atoms with Crippen molar-refractivity contribution in [2.24, 2.45) is 0 Å². The molecule has 1 fully saturated rings. The van der Waals surface area contributed by atoms with Crippen molar-refractivity contribution in [3.8, 4) is 0 Å². The Labute approximate surface area is 98.5 Å². The molecule has 0 spiro atoms. The molecule has 2 rings (SSSR count). The Morgan fingerprint density at radius 1 is 1.31 bits per heavy atom. The van der Waals surface area contributed by atoms with E-state index >= 15 is 0 Å². The van der Waals surface area contributed by atoms with Crippen LogP contribution < -0.4 is 0 Å². The minimum absolute atomic E-state index is 0.0360. The average molecular weight is 236 g/mol. The molecule has 3 heteroatoms. The maximum Gasteiger partial charge on any atom is 0.134 e. The van der Waals surface area contributed by atoms with Gasteiger partial charge >= 0.3 is 0 Å². The van der Waals surface area contributed by atoms with E-state index in [1.165, 1.54) is 5.56 Å². The molecule has 0 aromatic heterocycles. The minimum Gasteiger partial charge on any atom is -0.300 e. The summed E-state index contributed by atoms with van der Waals surface area (Å²) < 4.78 is 12.3. The van der Waals surface area contributed by atoms with Gasteiger partial charge in [0.2, 0.25) is 0 Å². The highest BCUT2D eigenvalue weighted by Gasteiger charge is 2.28. The zero-order valence-electron chi connectivity index (χ0n) is 9.66. The second-order valence-electron chi connectivity index (χ2n) is 4.47. The standard InChI is InChI=1S/C13H16O2S/c1-9-3-6-13(10(2)7-9)16(15)12-5-4-11(14)8-12/h3,6-7,12H,4-5,8H2,1-2H3. The molecule has 0 aliphatic heterocycles. The van der Waals surface area contributed by atoms with Gasteiger partial charge in [-0.15, -0.1) is 0 Å². The molecule has 0 bridgehead atoms.